The van der Waals surface area contributed by atoms with Crippen molar-refractivity contribution in [1.29, 1.82) is 0 Å². The molecule has 1 saturated carbocycles. The van der Waals surface area contributed by atoms with Crippen molar-refractivity contribution in [3.8, 4) is 0 Å². The summed E-state index contributed by atoms with van der Waals surface area (Å²) in [5.74, 6) is -0.866. The van der Waals surface area contributed by atoms with Gasteiger partial charge in [0.2, 0.25) is 10.0 Å². The summed E-state index contributed by atoms with van der Waals surface area (Å²) in [7, 11) is -3.43. The van der Waals surface area contributed by atoms with Crippen molar-refractivity contribution < 1.29 is 22.3 Å². The lowest BCUT2D eigenvalue weighted by atomic mass is 10.1. The Hall–Kier alpha value is -2.03. The van der Waals surface area contributed by atoms with Gasteiger partial charge in [-0.05, 0) is 49.2 Å². The fourth-order valence-electron chi connectivity index (χ4n) is 3.63. The van der Waals surface area contributed by atoms with E-state index in [1.165, 1.54) is 28.6 Å². The number of sulfonamides is 1. The summed E-state index contributed by atoms with van der Waals surface area (Å²) in [6.07, 6.45) is 1.69. The molecule has 1 atom stereocenters. The zero-order valence-corrected chi connectivity index (χ0v) is 15.6. The average molecular weight is 394 g/mol. The number of benzene rings is 2. The first-order valence-electron chi connectivity index (χ1n) is 8.76. The molecule has 0 amide bonds. The molecule has 0 aliphatic heterocycles. The van der Waals surface area contributed by atoms with Crippen LogP contribution >= 0.6 is 0 Å². The molecule has 1 heterocycles. The summed E-state index contributed by atoms with van der Waals surface area (Å²) in [6.45, 7) is -0.0130. The van der Waals surface area contributed by atoms with Crippen LogP contribution in [0.1, 0.15) is 12.8 Å². The standard InChI is InChI=1S/C19H20F2N2O3S/c1-27(25,26)23(14-4-5-14)11-15(24)10-22-18-8-12(20)2-6-16(18)17-7-3-13(21)9-19(17)22/h2-3,6-9,14-15,24H,4-5,10-11H2,1H3. The van der Waals surface area contributed by atoms with Crippen LogP contribution in [-0.4, -0.2) is 47.3 Å². The maximum absolute atomic E-state index is 13.8. The minimum absolute atomic E-state index is 0.0334. The third-order valence-corrected chi connectivity index (χ3v) is 6.25. The molecule has 27 heavy (non-hydrogen) atoms. The highest BCUT2D eigenvalue weighted by molar-refractivity contribution is 7.88. The lowest BCUT2D eigenvalue weighted by Crippen LogP contribution is -2.39. The minimum Gasteiger partial charge on any atom is -0.390 e. The third kappa shape index (κ3) is 3.56. The molecule has 0 saturated heterocycles. The smallest absolute Gasteiger partial charge is 0.211 e. The molecule has 0 spiro atoms. The number of hydrogen-bond acceptors (Lipinski definition) is 3. The molecule has 144 valence electrons. The van der Waals surface area contributed by atoms with Crippen molar-refractivity contribution in [3.63, 3.8) is 0 Å². The van der Waals surface area contributed by atoms with Gasteiger partial charge in [-0.15, -0.1) is 0 Å². The lowest BCUT2D eigenvalue weighted by Gasteiger charge is -2.23. The van der Waals surface area contributed by atoms with Crippen molar-refractivity contribution in [2.45, 2.75) is 31.5 Å². The van der Waals surface area contributed by atoms with Gasteiger partial charge in [0.05, 0.1) is 29.9 Å². The maximum atomic E-state index is 13.8. The number of halogens is 2. The van der Waals surface area contributed by atoms with Crippen molar-refractivity contribution >= 4 is 31.8 Å². The van der Waals surface area contributed by atoms with Gasteiger partial charge in [0, 0.05) is 23.4 Å². The number of aliphatic hydroxyl groups is 1. The number of nitrogens with zero attached hydrogens (tertiary/aromatic N) is 2. The molecule has 1 N–H and O–H groups in total. The highest BCUT2D eigenvalue weighted by atomic mass is 32.2. The number of hydrogen-bond donors (Lipinski definition) is 1. The van der Waals surface area contributed by atoms with Gasteiger partial charge in [0.1, 0.15) is 11.6 Å². The second kappa shape index (κ2) is 6.54. The van der Waals surface area contributed by atoms with E-state index >= 15 is 0 Å². The number of rotatable bonds is 6. The zero-order chi connectivity index (χ0) is 19.3. The molecule has 1 aromatic heterocycles. The first-order chi connectivity index (χ1) is 12.7. The van der Waals surface area contributed by atoms with Crippen molar-refractivity contribution in [2.75, 3.05) is 12.8 Å². The molecule has 5 nitrogen and oxygen atoms in total. The third-order valence-electron chi connectivity index (χ3n) is 4.96. The van der Waals surface area contributed by atoms with Crippen LogP contribution in [0.2, 0.25) is 0 Å². The molecule has 1 aliphatic carbocycles. The highest BCUT2D eigenvalue weighted by Gasteiger charge is 2.36. The van der Waals surface area contributed by atoms with Crippen molar-refractivity contribution in [1.82, 2.24) is 8.87 Å². The highest BCUT2D eigenvalue weighted by Crippen LogP contribution is 2.32. The molecule has 0 bridgehead atoms. The summed E-state index contributed by atoms with van der Waals surface area (Å²) in [5.41, 5.74) is 1.07. The molecule has 1 unspecified atom stereocenters. The molecule has 1 fully saturated rings. The van der Waals surface area contributed by atoms with E-state index in [-0.39, 0.29) is 19.1 Å². The second-order valence-electron chi connectivity index (χ2n) is 7.15. The molecular weight excluding hydrogens is 374 g/mol. The topological polar surface area (TPSA) is 62.5 Å². The predicted octanol–water partition coefficient (Wildman–Crippen LogP) is 2.86. The average Bonchev–Trinajstić information content (AvgIpc) is 3.37. The molecule has 1 aliphatic rings. The van der Waals surface area contributed by atoms with Gasteiger partial charge in [-0.2, -0.15) is 4.31 Å². The molecule has 8 heteroatoms. The molecule has 2 aromatic carbocycles. The van der Waals surface area contributed by atoms with Crippen molar-refractivity contribution in [3.05, 3.63) is 48.0 Å². The summed E-state index contributed by atoms with van der Waals surface area (Å²) in [5, 5.41) is 12.1. The zero-order valence-electron chi connectivity index (χ0n) is 14.8. The Morgan fingerprint density at radius 1 is 1.11 bits per heavy atom. The summed E-state index contributed by atoms with van der Waals surface area (Å²) < 4.78 is 54.5. The molecule has 0 radical (unpaired) electrons. The second-order valence-corrected chi connectivity index (χ2v) is 9.09. The van der Waals surface area contributed by atoms with Gasteiger partial charge in [-0.3, -0.25) is 0 Å². The van der Waals surface area contributed by atoms with E-state index in [0.717, 1.165) is 29.9 Å². The van der Waals surface area contributed by atoms with E-state index in [4.69, 9.17) is 0 Å². The van der Waals surface area contributed by atoms with E-state index in [0.29, 0.717) is 11.0 Å². The Morgan fingerprint density at radius 2 is 1.63 bits per heavy atom. The molecular formula is C19H20F2N2O3S. The van der Waals surface area contributed by atoms with Crippen LogP contribution in [0.5, 0.6) is 0 Å². The summed E-state index contributed by atoms with van der Waals surface area (Å²) in [6, 6.07) is 8.54. The summed E-state index contributed by atoms with van der Waals surface area (Å²) in [4.78, 5) is 0. The number of aliphatic hydroxyl groups excluding tert-OH is 1. The van der Waals surface area contributed by atoms with E-state index < -0.39 is 27.8 Å². The van der Waals surface area contributed by atoms with E-state index in [2.05, 4.69) is 0 Å². The summed E-state index contributed by atoms with van der Waals surface area (Å²) >= 11 is 0. The Bertz CT molecular complexity index is 1060. The van der Waals surface area contributed by atoms with Gasteiger partial charge in [-0.25, -0.2) is 17.2 Å². The van der Waals surface area contributed by atoms with Gasteiger partial charge in [0.15, 0.2) is 0 Å². The van der Waals surface area contributed by atoms with Crippen LogP contribution in [0.4, 0.5) is 8.78 Å². The number of aromatic nitrogens is 1. The normalized spacial score (nSPS) is 16.5. The first-order valence-corrected chi connectivity index (χ1v) is 10.6. The molecule has 3 aromatic rings. The van der Waals surface area contributed by atoms with Crippen LogP contribution in [0.3, 0.4) is 0 Å². The van der Waals surface area contributed by atoms with Gasteiger partial charge in [0.25, 0.3) is 0 Å². The van der Waals surface area contributed by atoms with Crippen LogP contribution < -0.4 is 0 Å². The van der Waals surface area contributed by atoms with E-state index in [1.807, 2.05) is 0 Å². The minimum atomic E-state index is -3.43. The van der Waals surface area contributed by atoms with E-state index in [9.17, 15) is 22.3 Å². The largest absolute Gasteiger partial charge is 0.390 e. The van der Waals surface area contributed by atoms with Gasteiger partial charge < -0.3 is 9.67 Å². The van der Waals surface area contributed by atoms with Crippen LogP contribution in [0.25, 0.3) is 21.8 Å². The van der Waals surface area contributed by atoms with Crippen LogP contribution in [0.15, 0.2) is 36.4 Å². The fourth-order valence-corrected chi connectivity index (χ4v) is 4.83. The van der Waals surface area contributed by atoms with Crippen molar-refractivity contribution in [2.24, 2.45) is 0 Å². The number of fused-ring (bicyclic) bond motifs is 3. The quantitative estimate of drug-likeness (QED) is 0.699. The van der Waals surface area contributed by atoms with E-state index in [1.54, 1.807) is 16.7 Å². The Kier molecular flexibility index (Phi) is 4.44. The van der Waals surface area contributed by atoms with Gasteiger partial charge in [-0.1, -0.05) is 0 Å². The van der Waals surface area contributed by atoms with Crippen LogP contribution in [0, 0.1) is 11.6 Å². The SMILES string of the molecule is CS(=O)(=O)N(CC(O)Cn1c2cc(F)ccc2c2ccc(F)cc21)C1CC1. The Labute approximate surface area is 155 Å². The fraction of sp³-hybridized carbons (Fsp3) is 0.368. The van der Waals surface area contributed by atoms with Crippen LogP contribution in [-0.2, 0) is 16.6 Å². The lowest BCUT2D eigenvalue weighted by molar-refractivity contribution is 0.128. The Morgan fingerprint density at radius 3 is 2.07 bits per heavy atom. The maximum Gasteiger partial charge on any atom is 0.211 e. The van der Waals surface area contributed by atoms with Gasteiger partial charge >= 0.3 is 0 Å². The molecule has 4 rings (SSSR count). The Balaban J connectivity index is 1.73. The first kappa shape index (κ1) is 18.3. The monoisotopic (exact) mass is 394 g/mol. The predicted molar refractivity (Wildman–Crippen MR) is 99.9 cm³/mol.